The molecule has 0 aliphatic heterocycles. The van der Waals surface area contributed by atoms with E-state index in [0.717, 1.165) is 13.0 Å². The van der Waals surface area contributed by atoms with Gasteiger partial charge in [-0.2, -0.15) is 0 Å². The van der Waals surface area contributed by atoms with Crippen molar-refractivity contribution in [3.8, 4) is 0 Å². The predicted octanol–water partition coefficient (Wildman–Crippen LogP) is 2.33. The average Bonchev–Trinajstić information content (AvgIpc) is 2.95. The lowest BCUT2D eigenvalue weighted by molar-refractivity contribution is -0.0276. The van der Waals surface area contributed by atoms with Crippen molar-refractivity contribution < 1.29 is 56.5 Å². The molecule has 0 bridgehead atoms. The zero-order chi connectivity index (χ0) is 28.2. The summed E-state index contributed by atoms with van der Waals surface area (Å²) in [5, 5.41) is 0. The van der Waals surface area contributed by atoms with E-state index >= 15 is 0 Å². The second-order valence-electron chi connectivity index (χ2n) is 8.13. The molecule has 0 radical (unpaired) electrons. The van der Waals surface area contributed by atoms with Gasteiger partial charge in [0.1, 0.15) is 6.67 Å². The molecule has 0 aromatic carbocycles. The fraction of sp³-hybridized carbons (Fsp3) is 1.00. The van der Waals surface area contributed by atoms with E-state index in [9.17, 15) is 4.39 Å². The van der Waals surface area contributed by atoms with E-state index in [1.165, 1.54) is 12.8 Å². The van der Waals surface area contributed by atoms with Crippen molar-refractivity contribution in [1.82, 2.24) is 0 Å². The summed E-state index contributed by atoms with van der Waals surface area (Å²) in [4.78, 5) is 0. The maximum absolute atomic E-state index is 11.8. The summed E-state index contributed by atoms with van der Waals surface area (Å²) < 4.78 is 71.0. The zero-order valence-corrected chi connectivity index (χ0v) is 24.3. The molecule has 0 fully saturated rings. The Morgan fingerprint density at radius 3 is 0.692 bits per heavy atom. The number of hydrogen-bond acceptors (Lipinski definition) is 11. The molecule has 0 spiro atoms. The molecule has 12 heteroatoms. The first-order chi connectivity index (χ1) is 19.4. The van der Waals surface area contributed by atoms with Gasteiger partial charge in [0.25, 0.3) is 0 Å². The molecule has 0 saturated carbocycles. The minimum Gasteiger partial charge on any atom is -0.379 e. The van der Waals surface area contributed by atoms with E-state index in [-0.39, 0.29) is 6.61 Å². The van der Waals surface area contributed by atoms with E-state index in [0.29, 0.717) is 132 Å². The first-order valence-corrected chi connectivity index (χ1v) is 14.3. The third kappa shape index (κ3) is 37.5. The predicted molar refractivity (Wildman–Crippen MR) is 145 cm³/mol. The summed E-state index contributed by atoms with van der Waals surface area (Å²) in [6.45, 7) is 12.9. The minimum atomic E-state index is -0.472. The van der Waals surface area contributed by atoms with Gasteiger partial charge in [-0.3, -0.25) is 0 Å². The summed E-state index contributed by atoms with van der Waals surface area (Å²) in [6.07, 6.45) is 3.54. The molecule has 0 saturated heterocycles. The monoisotopic (exact) mass is 574 g/mol. The van der Waals surface area contributed by atoms with Crippen molar-refractivity contribution >= 4 is 0 Å². The molecular formula is C27H55FO11. The van der Waals surface area contributed by atoms with Crippen LogP contribution in [0, 0.1) is 0 Å². The zero-order valence-electron chi connectivity index (χ0n) is 24.3. The van der Waals surface area contributed by atoms with Gasteiger partial charge in [-0.05, 0) is 6.42 Å². The van der Waals surface area contributed by atoms with Crippen LogP contribution in [0.25, 0.3) is 0 Å². The van der Waals surface area contributed by atoms with Crippen LogP contribution in [0.1, 0.15) is 26.2 Å². The van der Waals surface area contributed by atoms with Gasteiger partial charge >= 0.3 is 0 Å². The summed E-state index contributed by atoms with van der Waals surface area (Å²) in [7, 11) is 0. The second kappa shape index (κ2) is 37.5. The topological polar surface area (TPSA) is 102 Å². The summed E-state index contributed by atoms with van der Waals surface area (Å²) in [5.41, 5.74) is 0. The van der Waals surface area contributed by atoms with E-state index in [1.54, 1.807) is 0 Å². The lowest BCUT2D eigenvalue weighted by Crippen LogP contribution is -2.15. The maximum atomic E-state index is 11.8. The summed E-state index contributed by atoms with van der Waals surface area (Å²) in [5.74, 6) is 0. The molecule has 0 aliphatic carbocycles. The number of rotatable bonds is 36. The van der Waals surface area contributed by atoms with Crippen molar-refractivity contribution in [2.45, 2.75) is 26.2 Å². The van der Waals surface area contributed by atoms with Gasteiger partial charge < -0.3 is 52.1 Å². The highest BCUT2D eigenvalue weighted by Gasteiger charge is 1.96. The molecule has 0 heterocycles. The standard InChI is InChI=1S/C27H55FO11/c1-2-3-4-6-29-8-10-31-12-14-33-16-18-35-20-22-37-24-26-39-27-25-38-23-21-36-19-17-34-15-13-32-11-9-30-7-5-28/h2-27H2,1H3. The van der Waals surface area contributed by atoms with Crippen LogP contribution in [0.2, 0.25) is 0 Å². The maximum Gasteiger partial charge on any atom is 0.113 e. The van der Waals surface area contributed by atoms with Crippen LogP contribution in [0.15, 0.2) is 0 Å². The van der Waals surface area contributed by atoms with Crippen LogP contribution in [-0.4, -0.2) is 152 Å². The molecule has 0 atom stereocenters. The van der Waals surface area contributed by atoms with E-state index in [4.69, 9.17) is 52.1 Å². The SMILES string of the molecule is CCCCCOCCOCCOCCOCCOCCOCCOCCOCCOCCOCCOCCF. The van der Waals surface area contributed by atoms with Gasteiger partial charge in [-0.1, -0.05) is 19.8 Å². The first kappa shape index (κ1) is 38.5. The Morgan fingerprint density at radius 1 is 0.282 bits per heavy atom. The fourth-order valence-corrected chi connectivity index (χ4v) is 2.81. The first-order valence-electron chi connectivity index (χ1n) is 14.3. The highest BCUT2D eigenvalue weighted by Crippen LogP contribution is 1.94. The lowest BCUT2D eigenvalue weighted by atomic mass is 10.3. The third-order valence-electron chi connectivity index (χ3n) is 4.83. The van der Waals surface area contributed by atoms with E-state index < -0.39 is 6.67 Å². The van der Waals surface area contributed by atoms with Crippen LogP contribution in [-0.2, 0) is 52.1 Å². The Kier molecular flexibility index (Phi) is 37.0. The number of unbranched alkanes of at least 4 members (excludes halogenated alkanes) is 2. The molecular weight excluding hydrogens is 519 g/mol. The molecule has 236 valence electrons. The molecule has 11 nitrogen and oxygen atoms in total. The highest BCUT2D eigenvalue weighted by atomic mass is 19.1. The van der Waals surface area contributed by atoms with Gasteiger partial charge in [-0.25, -0.2) is 4.39 Å². The molecule has 0 amide bonds. The summed E-state index contributed by atoms with van der Waals surface area (Å²) in [6, 6.07) is 0. The van der Waals surface area contributed by atoms with Crippen LogP contribution in [0.3, 0.4) is 0 Å². The molecule has 39 heavy (non-hydrogen) atoms. The van der Waals surface area contributed by atoms with Crippen molar-refractivity contribution in [3.63, 3.8) is 0 Å². The Balaban J connectivity index is 3.01. The average molecular weight is 575 g/mol. The van der Waals surface area contributed by atoms with Crippen LogP contribution in [0.4, 0.5) is 4.39 Å². The fourth-order valence-electron chi connectivity index (χ4n) is 2.81. The second-order valence-corrected chi connectivity index (χ2v) is 8.13. The number of ether oxygens (including phenoxy) is 11. The smallest absolute Gasteiger partial charge is 0.113 e. The van der Waals surface area contributed by atoms with Crippen molar-refractivity contribution in [3.05, 3.63) is 0 Å². The van der Waals surface area contributed by atoms with Gasteiger partial charge in [0.05, 0.1) is 139 Å². The Morgan fingerprint density at radius 2 is 0.487 bits per heavy atom. The van der Waals surface area contributed by atoms with E-state index in [2.05, 4.69) is 6.92 Å². The van der Waals surface area contributed by atoms with Gasteiger partial charge in [0, 0.05) is 6.61 Å². The van der Waals surface area contributed by atoms with Crippen LogP contribution >= 0.6 is 0 Å². The number of alkyl halides is 1. The Hall–Kier alpha value is -0.510. The van der Waals surface area contributed by atoms with Crippen molar-refractivity contribution in [2.75, 3.05) is 152 Å². The number of halogens is 1. The Bertz CT molecular complexity index is 389. The molecule has 0 unspecified atom stereocenters. The van der Waals surface area contributed by atoms with Crippen LogP contribution < -0.4 is 0 Å². The van der Waals surface area contributed by atoms with Gasteiger partial charge in [-0.15, -0.1) is 0 Å². The minimum absolute atomic E-state index is 0.116. The third-order valence-corrected chi connectivity index (χ3v) is 4.83. The molecule has 0 aliphatic rings. The van der Waals surface area contributed by atoms with Crippen molar-refractivity contribution in [1.29, 1.82) is 0 Å². The van der Waals surface area contributed by atoms with Crippen molar-refractivity contribution in [2.24, 2.45) is 0 Å². The van der Waals surface area contributed by atoms with Crippen LogP contribution in [0.5, 0.6) is 0 Å². The van der Waals surface area contributed by atoms with Gasteiger partial charge in [0.2, 0.25) is 0 Å². The molecule has 0 rings (SSSR count). The molecule has 0 aromatic heterocycles. The molecule has 0 N–H and O–H groups in total. The Labute approximate surface area is 235 Å². The lowest BCUT2D eigenvalue weighted by Gasteiger charge is -2.09. The highest BCUT2D eigenvalue weighted by molar-refractivity contribution is 4.40. The van der Waals surface area contributed by atoms with E-state index in [1.807, 2.05) is 0 Å². The number of hydrogen-bond donors (Lipinski definition) is 0. The largest absolute Gasteiger partial charge is 0.379 e. The quantitative estimate of drug-likeness (QED) is 0.103. The molecule has 0 aromatic rings. The summed E-state index contributed by atoms with van der Waals surface area (Å²) >= 11 is 0. The normalized spacial score (nSPS) is 11.5. The van der Waals surface area contributed by atoms with Gasteiger partial charge in [0.15, 0.2) is 0 Å².